The van der Waals surface area contributed by atoms with E-state index in [1.54, 1.807) is 37.2 Å². The molecule has 0 radical (unpaired) electrons. The molecule has 0 atom stereocenters. The van der Waals surface area contributed by atoms with Gasteiger partial charge < -0.3 is 20.1 Å². The number of amides is 1. The number of hydrogen-bond acceptors (Lipinski definition) is 7. The molecule has 2 heterocycles. The maximum absolute atomic E-state index is 12.1. The number of methoxy groups -OCH3 is 2. The lowest BCUT2D eigenvalue weighted by Crippen LogP contribution is -2.23. The van der Waals surface area contributed by atoms with Crippen molar-refractivity contribution in [2.75, 3.05) is 19.1 Å². The molecule has 2 aromatic carbocycles. The van der Waals surface area contributed by atoms with Crippen molar-refractivity contribution in [3.8, 4) is 11.5 Å². The third-order valence-corrected chi connectivity index (χ3v) is 5.10. The van der Waals surface area contributed by atoms with Gasteiger partial charge in [-0.1, -0.05) is 17.3 Å². The number of rotatable bonds is 9. The molecule has 2 N–H and O–H groups in total. The molecule has 0 aliphatic rings. The number of nitrogens with two attached hydrogens (primary N) is 1. The topological polar surface area (TPSA) is 108 Å². The second kappa shape index (κ2) is 9.82. The molecule has 2 aromatic heterocycles. The third-order valence-electron chi connectivity index (χ3n) is 5.10. The van der Waals surface area contributed by atoms with Crippen molar-refractivity contribution in [3.63, 3.8) is 0 Å². The van der Waals surface area contributed by atoms with E-state index in [0.29, 0.717) is 30.2 Å². The van der Waals surface area contributed by atoms with Gasteiger partial charge in [0.25, 0.3) is 5.91 Å². The molecule has 9 heteroatoms. The van der Waals surface area contributed by atoms with Crippen LogP contribution in [0.2, 0.25) is 0 Å². The molecule has 0 saturated heterocycles. The number of aromatic nitrogens is 4. The maximum atomic E-state index is 12.1. The number of hydrogen-bond donors (Lipinski definition) is 1. The van der Waals surface area contributed by atoms with Crippen molar-refractivity contribution in [3.05, 3.63) is 89.9 Å². The van der Waals surface area contributed by atoms with Crippen LogP contribution in [0.4, 0.5) is 11.5 Å². The first-order chi connectivity index (χ1) is 16.1. The number of primary amides is 1. The first-order valence-electron chi connectivity index (χ1n) is 10.3. The highest BCUT2D eigenvalue weighted by Gasteiger charge is 2.19. The van der Waals surface area contributed by atoms with E-state index in [1.807, 2.05) is 59.6 Å². The van der Waals surface area contributed by atoms with Gasteiger partial charge in [0.1, 0.15) is 23.0 Å². The summed E-state index contributed by atoms with van der Waals surface area (Å²) in [5, 5.41) is 8.58. The zero-order valence-electron chi connectivity index (χ0n) is 18.4. The van der Waals surface area contributed by atoms with Crippen molar-refractivity contribution < 1.29 is 14.3 Å². The van der Waals surface area contributed by atoms with Gasteiger partial charge in [-0.15, -0.1) is 5.10 Å². The molecule has 4 rings (SSSR count). The van der Waals surface area contributed by atoms with Gasteiger partial charge in [-0.2, -0.15) is 0 Å². The standard InChI is InChI=1S/C24H24N6O3/c1-32-20-9-5-17(6-10-20)14-29-15-18(27-28-29)16-30(19-7-11-21(33-2)12-8-19)24-22(23(25)31)4-3-13-26-24/h3-13,15H,14,16H2,1-2H3,(H2,25,31). The first kappa shape index (κ1) is 21.8. The molecule has 0 unspecified atom stereocenters. The van der Waals surface area contributed by atoms with Gasteiger partial charge in [-0.05, 0) is 54.1 Å². The van der Waals surface area contributed by atoms with E-state index >= 15 is 0 Å². The average molecular weight is 444 g/mol. The van der Waals surface area contributed by atoms with E-state index in [2.05, 4.69) is 15.3 Å². The molecule has 0 aliphatic heterocycles. The molecular formula is C24H24N6O3. The lowest BCUT2D eigenvalue weighted by molar-refractivity contribution is 0.100. The predicted octanol–water partition coefficient (Wildman–Crippen LogP) is 3.18. The van der Waals surface area contributed by atoms with Gasteiger partial charge in [0, 0.05) is 11.9 Å². The SMILES string of the molecule is COc1ccc(Cn2cc(CN(c3ccc(OC)cc3)c3ncccc3C(N)=O)nn2)cc1. The summed E-state index contributed by atoms with van der Waals surface area (Å²) in [7, 11) is 3.25. The summed E-state index contributed by atoms with van der Waals surface area (Å²) in [6.07, 6.45) is 3.49. The number of carbonyl (C=O) groups is 1. The van der Waals surface area contributed by atoms with Gasteiger partial charge in [0.2, 0.25) is 0 Å². The molecule has 0 bridgehead atoms. The molecule has 4 aromatic rings. The summed E-state index contributed by atoms with van der Waals surface area (Å²) in [4.78, 5) is 18.4. The monoisotopic (exact) mass is 444 g/mol. The normalized spacial score (nSPS) is 10.6. The van der Waals surface area contributed by atoms with E-state index in [-0.39, 0.29) is 0 Å². The molecule has 0 saturated carbocycles. The minimum atomic E-state index is -0.556. The predicted molar refractivity (Wildman–Crippen MR) is 124 cm³/mol. The lowest BCUT2D eigenvalue weighted by atomic mass is 10.2. The molecule has 9 nitrogen and oxygen atoms in total. The van der Waals surface area contributed by atoms with Crippen molar-refractivity contribution in [2.45, 2.75) is 13.1 Å². The van der Waals surface area contributed by atoms with E-state index in [9.17, 15) is 4.79 Å². The van der Waals surface area contributed by atoms with Crippen LogP contribution in [0.1, 0.15) is 21.6 Å². The zero-order chi connectivity index (χ0) is 23.2. The minimum Gasteiger partial charge on any atom is -0.497 e. The number of anilines is 2. The molecule has 0 fully saturated rings. The fourth-order valence-corrected chi connectivity index (χ4v) is 3.42. The summed E-state index contributed by atoms with van der Waals surface area (Å²) in [5.41, 5.74) is 8.52. The Hall–Kier alpha value is -4.40. The van der Waals surface area contributed by atoms with E-state index in [1.165, 1.54) is 0 Å². The highest BCUT2D eigenvalue weighted by molar-refractivity contribution is 5.98. The Bertz CT molecular complexity index is 1220. The van der Waals surface area contributed by atoms with Crippen molar-refractivity contribution in [2.24, 2.45) is 5.73 Å². The number of carbonyl (C=O) groups excluding carboxylic acids is 1. The van der Waals surface area contributed by atoms with Crippen LogP contribution >= 0.6 is 0 Å². The number of benzene rings is 2. The average Bonchev–Trinajstić information content (AvgIpc) is 3.30. The van der Waals surface area contributed by atoms with Gasteiger partial charge in [-0.25, -0.2) is 9.67 Å². The maximum Gasteiger partial charge on any atom is 0.252 e. The first-order valence-corrected chi connectivity index (χ1v) is 10.3. The lowest BCUT2D eigenvalue weighted by Gasteiger charge is -2.24. The fraction of sp³-hybridized carbons (Fsp3) is 0.167. The van der Waals surface area contributed by atoms with Gasteiger partial charge >= 0.3 is 0 Å². The Morgan fingerprint density at radius 1 is 1.00 bits per heavy atom. The number of ether oxygens (including phenoxy) is 2. The molecule has 33 heavy (non-hydrogen) atoms. The van der Waals surface area contributed by atoms with Crippen molar-refractivity contribution in [1.29, 1.82) is 0 Å². The van der Waals surface area contributed by atoms with Crippen LogP contribution in [0.15, 0.2) is 73.1 Å². The third kappa shape index (κ3) is 5.09. The van der Waals surface area contributed by atoms with Gasteiger partial charge in [0.15, 0.2) is 0 Å². The highest BCUT2D eigenvalue weighted by atomic mass is 16.5. The number of pyridine rings is 1. The van der Waals surface area contributed by atoms with Crippen molar-refractivity contribution >= 4 is 17.4 Å². The summed E-state index contributed by atoms with van der Waals surface area (Å²) in [6.45, 7) is 0.905. The molecular weight excluding hydrogens is 420 g/mol. The van der Waals surface area contributed by atoms with Gasteiger partial charge in [0.05, 0.1) is 39.1 Å². The molecule has 1 amide bonds. The second-order valence-electron chi connectivity index (χ2n) is 7.28. The Morgan fingerprint density at radius 3 is 2.30 bits per heavy atom. The Morgan fingerprint density at radius 2 is 1.67 bits per heavy atom. The highest BCUT2D eigenvalue weighted by Crippen LogP contribution is 2.29. The molecule has 168 valence electrons. The summed E-state index contributed by atoms with van der Waals surface area (Å²) >= 11 is 0. The summed E-state index contributed by atoms with van der Waals surface area (Å²) in [5.74, 6) is 1.41. The minimum absolute atomic E-state index is 0.318. The Balaban J connectivity index is 1.62. The van der Waals surface area contributed by atoms with Crippen LogP contribution in [0.3, 0.4) is 0 Å². The Labute approximate surface area is 191 Å². The van der Waals surface area contributed by atoms with Crippen LogP contribution in [0.5, 0.6) is 11.5 Å². The van der Waals surface area contributed by atoms with Crippen LogP contribution in [0.25, 0.3) is 0 Å². The summed E-state index contributed by atoms with van der Waals surface area (Å²) in [6, 6.07) is 18.6. The van der Waals surface area contributed by atoms with E-state index in [0.717, 1.165) is 22.7 Å². The van der Waals surface area contributed by atoms with Crippen LogP contribution < -0.4 is 20.1 Å². The largest absolute Gasteiger partial charge is 0.497 e. The Kier molecular flexibility index (Phi) is 6.49. The van der Waals surface area contributed by atoms with Gasteiger partial charge in [-0.3, -0.25) is 4.79 Å². The van der Waals surface area contributed by atoms with Crippen molar-refractivity contribution in [1.82, 2.24) is 20.0 Å². The van der Waals surface area contributed by atoms with E-state index in [4.69, 9.17) is 15.2 Å². The molecule has 0 spiro atoms. The smallest absolute Gasteiger partial charge is 0.252 e. The van der Waals surface area contributed by atoms with Crippen LogP contribution in [-0.4, -0.2) is 40.1 Å². The van der Waals surface area contributed by atoms with Crippen LogP contribution in [-0.2, 0) is 13.1 Å². The quantitative estimate of drug-likeness (QED) is 0.422. The molecule has 0 aliphatic carbocycles. The van der Waals surface area contributed by atoms with E-state index < -0.39 is 5.91 Å². The second-order valence-corrected chi connectivity index (χ2v) is 7.28. The zero-order valence-corrected chi connectivity index (χ0v) is 18.4. The summed E-state index contributed by atoms with van der Waals surface area (Å²) < 4.78 is 12.2. The fourth-order valence-electron chi connectivity index (χ4n) is 3.42. The number of nitrogens with zero attached hydrogens (tertiary/aromatic N) is 5. The van der Waals surface area contributed by atoms with Crippen LogP contribution in [0, 0.1) is 0 Å².